The van der Waals surface area contributed by atoms with Gasteiger partial charge in [0.15, 0.2) is 17.5 Å². The summed E-state index contributed by atoms with van der Waals surface area (Å²) in [7, 11) is 0. The molecular weight excluding hydrogens is 1740 g/mol. The third kappa shape index (κ3) is 16.2. The van der Waals surface area contributed by atoms with E-state index in [1.54, 1.807) is 0 Å². The van der Waals surface area contributed by atoms with Crippen molar-refractivity contribution in [2.24, 2.45) is 0 Å². The van der Waals surface area contributed by atoms with Crippen LogP contribution in [0.15, 0.2) is 534 Å². The summed E-state index contributed by atoms with van der Waals surface area (Å²) in [5.41, 5.74) is 30.4. The van der Waals surface area contributed by atoms with Crippen molar-refractivity contribution in [3.8, 4) is 129 Å². The molecule has 4 aromatic heterocycles. The second-order valence-electron chi connectivity index (χ2n) is 36.4. The van der Waals surface area contributed by atoms with Crippen molar-refractivity contribution < 1.29 is 0 Å². The summed E-state index contributed by atoms with van der Waals surface area (Å²) in [6.45, 7) is 0. The second-order valence-corrected chi connectivity index (χ2v) is 36.4. The largest absolute Gasteiger partial charge is 0.309 e. The Morgan fingerprint density at radius 1 is 0.104 bits per heavy atom. The fourth-order valence-electron chi connectivity index (χ4n) is 21.5. The SMILES string of the molecule is C.C.C.c1ccc(-c2cc(-c3ccccc3)cc(-c3cccc(-c4ccc5c6ccccc6c6ccccc6c5c4)c3)c2)cc1.c1ccc(-c2nc(-c3ccccc3)nc(-c3cccc(-c4cccc(-c5ccc6c7ccccc7c7ccccc7c6c5)c4)c3)n2)cc1.c1ccc(-n2c3ccccc3c3cc(-c4ccc5c(c4)c4ccccc4n5-c4ccc5c(c4)c4ccccc4n5-c4ccccc4)ccc32)cc1. The number of aromatic nitrogens is 6. The minimum atomic E-state index is 0. The molecule has 0 saturated carbocycles. The molecule has 0 fully saturated rings. The summed E-state index contributed by atoms with van der Waals surface area (Å²) in [5, 5.41) is 23.0. The van der Waals surface area contributed by atoms with E-state index in [-0.39, 0.29) is 22.3 Å². The quantitative estimate of drug-likeness (QED) is 0.108. The van der Waals surface area contributed by atoms with Crippen molar-refractivity contribution >= 4 is 130 Å². The molecule has 28 rings (SSSR count). The van der Waals surface area contributed by atoms with E-state index in [0.717, 1.165) is 33.5 Å². The molecule has 0 spiro atoms. The molecule has 0 aliphatic carbocycles. The topological polar surface area (TPSA) is 53.5 Å². The Morgan fingerprint density at radius 3 is 0.653 bits per heavy atom. The Morgan fingerprint density at radius 2 is 0.306 bits per heavy atom. The predicted molar refractivity (Wildman–Crippen MR) is 615 cm³/mol. The molecule has 0 radical (unpaired) electrons. The standard InChI is InChI=1S/C48H31N3.C45H29N3.C42H28.3CH4/c1-3-13-34(14-4-1)49-43-20-10-7-17-37(43)40-29-32(23-26-46(40)49)33-24-27-47-41(30-33)38-18-8-12-22-45(38)51(47)36-25-28-48-42(31-36)39-19-9-11-21-44(39)50(48)35-15-5-2-6-16-35;1-3-13-30(14-4-1)43-46-44(31-15-5-2-6-16-31)48-45(47-43)36-20-12-19-34(28-36)32-17-11-18-33(27-32)35-25-26-41-39-23-8-7-21-37(39)38-22-9-10-24-40(38)42(41)29-35;1-3-12-29(13-4-1)34-25-35(30-14-5-2-6-15-30)27-36(26-34)32-17-11-16-31(24-32)33-22-23-41-39-20-8-7-18-37(39)38-19-9-10-21-40(38)42(41)28-33;;;/h1-31H;1-29H;1-28H;3*1H4. The number of benzene rings is 24. The minimum absolute atomic E-state index is 0. The number of rotatable bonds is 13. The van der Waals surface area contributed by atoms with Crippen LogP contribution in [0.2, 0.25) is 0 Å². The lowest BCUT2D eigenvalue weighted by Crippen LogP contribution is -2.00. The zero-order valence-corrected chi connectivity index (χ0v) is 77.0. The van der Waals surface area contributed by atoms with Gasteiger partial charge in [-0.3, -0.25) is 0 Å². The van der Waals surface area contributed by atoms with E-state index < -0.39 is 0 Å². The average Bonchev–Trinajstić information content (AvgIpc) is 1.49. The minimum Gasteiger partial charge on any atom is -0.309 e. The number of para-hydroxylation sites is 5. The van der Waals surface area contributed by atoms with Crippen LogP contribution in [0.4, 0.5) is 0 Å². The number of hydrogen-bond acceptors (Lipinski definition) is 3. The highest BCUT2D eigenvalue weighted by Crippen LogP contribution is 2.46. The Bertz CT molecular complexity index is 9540. The van der Waals surface area contributed by atoms with Crippen LogP contribution in [-0.2, 0) is 0 Å². The van der Waals surface area contributed by atoms with Crippen LogP contribution in [0.25, 0.3) is 259 Å². The van der Waals surface area contributed by atoms with Crippen LogP contribution >= 0.6 is 0 Å². The maximum Gasteiger partial charge on any atom is 0.164 e. The maximum absolute atomic E-state index is 4.95. The molecule has 0 bridgehead atoms. The highest BCUT2D eigenvalue weighted by atomic mass is 15.0. The Kier molecular flexibility index (Phi) is 23.7. The van der Waals surface area contributed by atoms with Gasteiger partial charge < -0.3 is 13.7 Å². The fraction of sp³-hybridized carbons (Fsp3) is 0.0217. The lowest BCUT2D eigenvalue weighted by atomic mass is 9.90. The highest BCUT2D eigenvalue weighted by molar-refractivity contribution is 6.27. The molecular formula is C138H100N6. The van der Waals surface area contributed by atoms with Gasteiger partial charge in [0.1, 0.15) is 0 Å². The first kappa shape index (κ1) is 89.2. The molecule has 0 N–H and O–H groups in total. The lowest BCUT2D eigenvalue weighted by Gasteiger charge is -2.14. The van der Waals surface area contributed by atoms with Gasteiger partial charge in [0.25, 0.3) is 0 Å². The van der Waals surface area contributed by atoms with E-state index in [2.05, 4.69) is 487 Å². The van der Waals surface area contributed by atoms with Crippen molar-refractivity contribution in [2.75, 3.05) is 0 Å². The first-order valence-corrected chi connectivity index (χ1v) is 48.2. The zero-order chi connectivity index (χ0) is 93.2. The van der Waals surface area contributed by atoms with Gasteiger partial charge in [0, 0.05) is 66.1 Å². The first-order valence-electron chi connectivity index (χ1n) is 48.2. The maximum atomic E-state index is 4.95. The van der Waals surface area contributed by atoms with Crippen LogP contribution in [0.5, 0.6) is 0 Å². The highest BCUT2D eigenvalue weighted by Gasteiger charge is 2.23. The van der Waals surface area contributed by atoms with Crippen molar-refractivity contribution in [3.05, 3.63) is 534 Å². The van der Waals surface area contributed by atoms with Gasteiger partial charge in [0.2, 0.25) is 0 Å². The third-order valence-corrected chi connectivity index (χ3v) is 28.1. The van der Waals surface area contributed by atoms with Crippen LogP contribution in [0.1, 0.15) is 22.3 Å². The summed E-state index contributed by atoms with van der Waals surface area (Å²) in [4.78, 5) is 14.8. The molecule has 144 heavy (non-hydrogen) atoms. The lowest BCUT2D eigenvalue weighted by molar-refractivity contribution is 1.07. The van der Waals surface area contributed by atoms with Crippen molar-refractivity contribution in [2.45, 2.75) is 22.3 Å². The molecule has 24 aromatic carbocycles. The molecule has 6 heteroatoms. The normalized spacial score (nSPS) is 11.3. The number of nitrogens with zero attached hydrogens (tertiary/aromatic N) is 6. The average molecular weight is 1840 g/mol. The Balaban J connectivity index is 0.000000119. The third-order valence-electron chi connectivity index (χ3n) is 28.1. The molecule has 6 nitrogen and oxygen atoms in total. The molecule has 0 aliphatic heterocycles. The summed E-state index contributed by atoms with van der Waals surface area (Å²) < 4.78 is 7.18. The van der Waals surface area contributed by atoms with Gasteiger partial charge >= 0.3 is 0 Å². The van der Waals surface area contributed by atoms with Crippen LogP contribution in [-0.4, -0.2) is 28.7 Å². The van der Waals surface area contributed by atoms with Gasteiger partial charge in [-0.2, -0.15) is 0 Å². The van der Waals surface area contributed by atoms with E-state index in [0.29, 0.717) is 17.5 Å². The van der Waals surface area contributed by atoms with Gasteiger partial charge in [0.05, 0.1) is 33.1 Å². The molecule has 0 unspecified atom stereocenters. The van der Waals surface area contributed by atoms with E-state index in [9.17, 15) is 0 Å². The smallest absolute Gasteiger partial charge is 0.164 e. The van der Waals surface area contributed by atoms with E-state index in [4.69, 9.17) is 15.0 Å². The second kappa shape index (κ2) is 38.2. The van der Waals surface area contributed by atoms with E-state index in [1.165, 1.54) is 208 Å². The monoisotopic (exact) mass is 1840 g/mol. The van der Waals surface area contributed by atoms with Crippen LogP contribution < -0.4 is 0 Å². The van der Waals surface area contributed by atoms with Crippen molar-refractivity contribution in [1.29, 1.82) is 0 Å². The summed E-state index contributed by atoms with van der Waals surface area (Å²) in [6.07, 6.45) is 0. The molecule has 0 amide bonds. The number of fused-ring (bicyclic) bond motifs is 21. The van der Waals surface area contributed by atoms with Gasteiger partial charge in [-0.05, 0) is 276 Å². The van der Waals surface area contributed by atoms with Gasteiger partial charge in [-0.1, -0.05) is 423 Å². The summed E-state index contributed by atoms with van der Waals surface area (Å²) in [6, 6.07) is 192. The molecule has 28 aromatic rings. The first-order chi connectivity index (χ1) is 69.9. The molecule has 4 heterocycles. The predicted octanol–water partition coefficient (Wildman–Crippen LogP) is 38.0. The molecule has 682 valence electrons. The van der Waals surface area contributed by atoms with Gasteiger partial charge in [-0.25, -0.2) is 15.0 Å². The van der Waals surface area contributed by atoms with Crippen molar-refractivity contribution in [3.63, 3.8) is 0 Å². The van der Waals surface area contributed by atoms with E-state index in [1.807, 2.05) is 60.7 Å². The molecule has 0 atom stereocenters. The Labute approximate surface area is 838 Å². The van der Waals surface area contributed by atoms with Crippen molar-refractivity contribution in [1.82, 2.24) is 28.7 Å². The molecule has 0 aliphatic rings. The summed E-state index contributed by atoms with van der Waals surface area (Å²) in [5.74, 6) is 1.96. The van der Waals surface area contributed by atoms with Crippen LogP contribution in [0.3, 0.4) is 0 Å². The zero-order valence-electron chi connectivity index (χ0n) is 77.0. The number of hydrogen-bond donors (Lipinski definition) is 0. The summed E-state index contributed by atoms with van der Waals surface area (Å²) >= 11 is 0. The molecule has 0 saturated heterocycles. The Hall–Kier alpha value is -18.8. The van der Waals surface area contributed by atoms with Gasteiger partial charge in [-0.15, -0.1) is 0 Å². The van der Waals surface area contributed by atoms with Crippen LogP contribution in [0, 0.1) is 0 Å². The fourth-order valence-corrected chi connectivity index (χ4v) is 21.5. The van der Waals surface area contributed by atoms with E-state index >= 15 is 0 Å².